The molecule has 0 spiro atoms. The molecule has 188 valence electrons. The van der Waals surface area contributed by atoms with E-state index in [-0.39, 0.29) is 0 Å². The minimum absolute atomic E-state index is 0.389. The zero-order valence-electron chi connectivity index (χ0n) is 22.0. The highest BCUT2D eigenvalue weighted by molar-refractivity contribution is 7.17. The van der Waals surface area contributed by atoms with Gasteiger partial charge < -0.3 is 16.0 Å². The minimum Gasteiger partial charge on any atom is -0.384 e. The van der Waals surface area contributed by atoms with Crippen molar-refractivity contribution in [1.29, 1.82) is 0 Å². The normalized spacial score (nSPS) is 18.6. The molecule has 0 bridgehead atoms. The molecule has 35 heavy (non-hydrogen) atoms. The van der Waals surface area contributed by atoms with Gasteiger partial charge in [0.25, 0.3) is 0 Å². The number of hydrogen-bond acceptors (Lipinski definition) is 7. The lowest BCUT2D eigenvalue weighted by atomic mass is 9.71. The van der Waals surface area contributed by atoms with Crippen molar-refractivity contribution < 1.29 is 0 Å². The molecule has 0 radical (unpaired) electrons. The molecule has 7 heteroatoms. The van der Waals surface area contributed by atoms with Crippen molar-refractivity contribution in [2.75, 3.05) is 17.2 Å². The van der Waals surface area contributed by atoms with Gasteiger partial charge in [-0.05, 0) is 49.9 Å². The largest absolute Gasteiger partial charge is 0.384 e. The van der Waals surface area contributed by atoms with Gasteiger partial charge in [-0.15, -0.1) is 11.3 Å². The predicted octanol–water partition coefficient (Wildman–Crippen LogP) is 7.37. The highest BCUT2D eigenvalue weighted by Gasteiger charge is 2.30. The lowest BCUT2D eigenvalue weighted by molar-refractivity contribution is 0.165. The fourth-order valence-corrected chi connectivity index (χ4v) is 5.63. The molecule has 0 unspecified atom stereocenters. The van der Waals surface area contributed by atoms with E-state index in [0.29, 0.717) is 17.4 Å². The number of aryl methyl sites for hydroxylation is 1. The molecule has 0 atom stereocenters. The first-order valence-corrected chi connectivity index (χ1v) is 13.6. The van der Waals surface area contributed by atoms with Crippen LogP contribution in [0.25, 0.3) is 15.9 Å². The smallest absolute Gasteiger partial charge is 0.135 e. The monoisotopic (exact) mass is 492 g/mol. The van der Waals surface area contributed by atoms with Crippen LogP contribution in [-0.4, -0.2) is 27.5 Å². The number of thiazole rings is 1. The third kappa shape index (κ3) is 6.13. The van der Waals surface area contributed by atoms with Gasteiger partial charge in [-0.2, -0.15) is 0 Å². The Kier molecular flexibility index (Phi) is 7.64. The van der Waals surface area contributed by atoms with Crippen molar-refractivity contribution in [2.45, 2.75) is 73.3 Å². The van der Waals surface area contributed by atoms with E-state index in [1.54, 1.807) is 11.3 Å². The second kappa shape index (κ2) is 10.5. The van der Waals surface area contributed by atoms with Crippen molar-refractivity contribution in [2.24, 2.45) is 17.3 Å². The second-order valence-electron chi connectivity index (χ2n) is 11.4. The molecule has 0 saturated heterocycles. The molecule has 6 nitrogen and oxygen atoms in total. The van der Waals surface area contributed by atoms with E-state index in [9.17, 15) is 0 Å². The van der Waals surface area contributed by atoms with Crippen molar-refractivity contribution in [1.82, 2.24) is 20.3 Å². The fourth-order valence-electron chi connectivity index (χ4n) is 4.86. The van der Waals surface area contributed by atoms with E-state index >= 15 is 0 Å². The van der Waals surface area contributed by atoms with E-state index in [2.05, 4.69) is 80.1 Å². The first-order chi connectivity index (χ1) is 16.6. The molecule has 1 aliphatic rings. The first-order valence-electron chi connectivity index (χ1n) is 12.8. The second-order valence-corrected chi connectivity index (χ2v) is 12.2. The lowest BCUT2D eigenvalue weighted by Crippen LogP contribution is -2.35. The summed E-state index contributed by atoms with van der Waals surface area (Å²) in [4.78, 5) is 13.7. The maximum atomic E-state index is 4.72. The Morgan fingerprint density at radius 1 is 1.11 bits per heavy atom. The molecule has 3 heterocycles. The number of nitrogens with one attached hydrogen (secondary N) is 3. The van der Waals surface area contributed by atoms with E-state index in [4.69, 9.17) is 4.98 Å². The molecule has 1 saturated carbocycles. The lowest BCUT2D eigenvalue weighted by Gasteiger charge is -2.37. The molecule has 3 aromatic heterocycles. The molecule has 1 aliphatic carbocycles. The highest BCUT2D eigenvalue weighted by Crippen LogP contribution is 2.38. The number of fused-ring (bicyclic) bond motifs is 1. The molecular formula is C28H40N6S. The van der Waals surface area contributed by atoms with Crippen molar-refractivity contribution >= 4 is 44.6 Å². The van der Waals surface area contributed by atoms with Gasteiger partial charge in [0.1, 0.15) is 11.6 Å². The van der Waals surface area contributed by atoms with Crippen LogP contribution < -0.4 is 16.0 Å². The van der Waals surface area contributed by atoms with Crippen LogP contribution in [0.4, 0.5) is 17.3 Å². The molecule has 4 rings (SSSR count). The van der Waals surface area contributed by atoms with Crippen LogP contribution in [0.3, 0.4) is 0 Å². The summed E-state index contributed by atoms with van der Waals surface area (Å²) in [5.41, 5.74) is 7.27. The number of aromatic nitrogens is 3. The Bertz CT molecular complexity index is 1170. The standard InChI is InChI=1S/C28H40N6S/c1-17(2)13-29-23-12-25(34-27-18(3)26-24(15-31-27)32-16-35-26)30-14-22(23)19(4)33-21-10-8-20(9-11-21)28(5,6)7/h12,14-17,20-21,33H,4,8-11,13H2,1-3,5-7H3,(H2,29,30,31,34). The zero-order valence-corrected chi connectivity index (χ0v) is 22.9. The first kappa shape index (κ1) is 25.4. The Labute approximate surface area is 214 Å². The number of rotatable bonds is 8. The van der Waals surface area contributed by atoms with Gasteiger partial charge in [-0.3, -0.25) is 0 Å². The van der Waals surface area contributed by atoms with E-state index in [1.165, 1.54) is 25.7 Å². The summed E-state index contributed by atoms with van der Waals surface area (Å²) in [5.74, 6) is 2.90. The average Bonchev–Trinajstić information content (AvgIpc) is 3.29. The van der Waals surface area contributed by atoms with Gasteiger partial charge in [-0.25, -0.2) is 15.0 Å². The quantitative estimate of drug-likeness (QED) is 0.305. The summed E-state index contributed by atoms with van der Waals surface area (Å²) < 4.78 is 1.15. The number of nitrogens with zero attached hydrogens (tertiary/aromatic N) is 3. The van der Waals surface area contributed by atoms with Gasteiger partial charge >= 0.3 is 0 Å². The summed E-state index contributed by atoms with van der Waals surface area (Å²) >= 11 is 1.63. The summed E-state index contributed by atoms with van der Waals surface area (Å²) in [5, 5.41) is 10.7. The predicted molar refractivity (Wildman–Crippen MR) is 150 cm³/mol. The van der Waals surface area contributed by atoms with Gasteiger partial charge in [0.15, 0.2) is 0 Å². The number of anilines is 3. The van der Waals surface area contributed by atoms with Gasteiger partial charge in [0.05, 0.1) is 21.9 Å². The molecule has 3 aromatic rings. The van der Waals surface area contributed by atoms with Gasteiger partial charge in [0.2, 0.25) is 0 Å². The van der Waals surface area contributed by atoms with Crippen LogP contribution in [0.5, 0.6) is 0 Å². The van der Waals surface area contributed by atoms with E-state index in [0.717, 1.165) is 56.8 Å². The van der Waals surface area contributed by atoms with Crippen molar-refractivity contribution in [3.8, 4) is 0 Å². The summed E-state index contributed by atoms with van der Waals surface area (Å²) in [6, 6.07) is 2.54. The number of hydrogen-bond donors (Lipinski definition) is 3. The van der Waals surface area contributed by atoms with Crippen LogP contribution in [0.15, 0.2) is 30.5 Å². The van der Waals surface area contributed by atoms with E-state index < -0.39 is 0 Å². The third-order valence-electron chi connectivity index (χ3n) is 7.11. The molecule has 1 fully saturated rings. The maximum absolute atomic E-state index is 4.72. The van der Waals surface area contributed by atoms with Gasteiger partial charge in [0, 0.05) is 47.4 Å². The molecule has 0 amide bonds. The van der Waals surface area contributed by atoms with Crippen molar-refractivity contribution in [3.05, 3.63) is 41.7 Å². The van der Waals surface area contributed by atoms with Gasteiger partial charge in [-0.1, -0.05) is 41.2 Å². The average molecular weight is 493 g/mol. The minimum atomic E-state index is 0.389. The Hall–Kier alpha value is -2.67. The third-order valence-corrected chi connectivity index (χ3v) is 8.08. The summed E-state index contributed by atoms with van der Waals surface area (Å²) in [6.45, 7) is 18.9. The Balaban J connectivity index is 1.50. The summed E-state index contributed by atoms with van der Waals surface area (Å²) in [6.07, 6.45) is 8.64. The SMILES string of the molecule is C=C(NC1CCC(C(C)(C)C)CC1)c1cnc(Nc2ncc3ncsc3c2C)cc1NCC(C)C. The fraction of sp³-hybridized carbons (Fsp3) is 0.536. The van der Waals surface area contributed by atoms with Crippen LogP contribution >= 0.6 is 11.3 Å². The van der Waals surface area contributed by atoms with Crippen molar-refractivity contribution in [3.63, 3.8) is 0 Å². The topological polar surface area (TPSA) is 74.8 Å². The van der Waals surface area contributed by atoms with Crippen LogP contribution in [0, 0.1) is 24.2 Å². The van der Waals surface area contributed by atoms with Crippen LogP contribution in [0.2, 0.25) is 0 Å². The maximum Gasteiger partial charge on any atom is 0.135 e. The molecular weight excluding hydrogens is 452 g/mol. The van der Waals surface area contributed by atoms with Crippen LogP contribution in [-0.2, 0) is 0 Å². The Morgan fingerprint density at radius 3 is 2.54 bits per heavy atom. The molecule has 0 aromatic carbocycles. The molecule has 3 N–H and O–H groups in total. The molecule has 0 aliphatic heterocycles. The zero-order chi connectivity index (χ0) is 25.2. The van der Waals surface area contributed by atoms with E-state index in [1.807, 2.05) is 17.9 Å². The summed E-state index contributed by atoms with van der Waals surface area (Å²) in [7, 11) is 0. The number of pyridine rings is 2. The highest BCUT2D eigenvalue weighted by atomic mass is 32.1. The van der Waals surface area contributed by atoms with Crippen LogP contribution in [0.1, 0.15) is 71.4 Å². The Morgan fingerprint density at radius 2 is 1.86 bits per heavy atom.